The third-order valence-electron chi connectivity index (χ3n) is 4.45. The summed E-state index contributed by atoms with van der Waals surface area (Å²) in [6, 6.07) is 10.2. The van der Waals surface area contributed by atoms with Crippen molar-refractivity contribution in [2.75, 3.05) is 38.0 Å². The van der Waals surface area contributed by atoms with Crippen LogP contribution in [0.2, 0.25) is 0 Å². The second-order valence-corrected chi connectivity index (χ2v) is 8.80. The van der Waals surface area contributed by atoms with E-state index in [0.717, 1.165) is 48.7 Å². The summed E-state index contributed by atoms with van der Waals surface area (Å²) < 4.78 is 0.827. The Kier molecular flexibility index (Phi) is 6.87. The van der Waals surface area contributed by atoms with Gasteiger partial charge in [-0.25, -0.2) is 0 Å². The molecule has 6 nitrogen and oxygen atoms in total. The van der Waals surface area contributed by atoms with E-state index in [1.165, 1.54) is 28.7 Å². The van der Waals surface area contributed by atoms with E-state index in [1.807, 2.05) is 30.0 Å². The largest absolute Gasteiger partial charge is 0.356 e. The highest BCUT2D eigenvalue weighted by atomic mass is 32.2. The number of anilines is 1. The molecule has 0 saturated carbocycles. The quantitative estimate of drug-likeness (QED) is 0.733. The fourth-order valence-corrected chi connectivity index (χ4v) is 4.82. The molecule has 0 aliphatic carbocycles. The number of benzene rings is 1. The fourth-order valence-electron chi connectivity index (χ4n) is 2.85. The molecule has 1 fully saturated rings. The van der Waals surface area contributed by atoms with Crippen LogP contribution >= 0.6 is 23.1 Å². The van der Waals surface area contributed by atoms with E-state index in [4.69, 9.17) is 0 Å². The van der Waals surface area contributed by atoms with Crippen LogP contribution in [-0.2, 0) is 11.3 Å². The van der Waals surface area contributed by atoms with E-state index >= 15 is 0 Å². The molecule has 1 unspecified atom stereocenters. The van der Waals surface area contributed by atoms with Gasteiger partial charge in [-0.1, -0.05) is 60.4 Å². The molecular formula is C18H25N5OS2. The lowest BCUT2D eigenvalue weighted by Gasteiger charge is -2.35. The normalized spacial score (nSPS) is 16.5. The molecule has 1 aromatic carbocycles. The van der Waals surface area contributed by atoms with Gasteiger partial charge >= 0.3 is 0 Å². The lowest BCUT2D eigenvalue weighted by atomic mass is 10.2. The van der Waals surface area contributed by atoms with E-state index in [2.05, 4.69) is 39.5 Å². The number of likely N-dealkylation sites (N-methyl/N-ethyl adjacent to an activating group) is 1. The summed E-state index contributed by atoms with van der Waals surface area (Å²) in [5, 5.41) is 12.3. The minimum Gasteiger partial charge on any atom is -0.356 e. The Balaban J connectivity index is 1.48. The van der Waals surface area contributed by atoms with Crippen LogP contribution in [0.25, 0.3) is 0 Å². The van der Waals surface area contributed by atoms with Crippen LogP contribution in [0, 0.1) is 0 Å². The first-order valence-corrected chi connectivity index (χ1v) is 10.6. The van der Waals surface area contributed by atoms with Crippen molar-refractivity contribution < 1.29 is 4.79 Å². The molecule has 8 heteroatoms. The minimum atomic E-state index is -0.141. The van der Waals surface area contributed by atoms with Gasteiger partial charge in [0.05, 0.1) is 5.25 Å². The number of nitrogens with one attached hydrogen (secondary N) is 1. The van der Waals surface area contributed by atoms with Crippen LogP contribution in [0.1, 0.15) is 19.4 Å². The molecule has 1 atom stereocenters. The molecule has 0 radical (unpaired) electrons. The zero-order valence-corrected chi connectivity index (χ0v) is 16.9. The molecule has 1 aromatic heterocycles. The number of carbonyl (C=O) groups excluding carboxylic acids is 1. The molecule has 26 heavy (non-hydrogen) atoms. The average Bonchev–Trinajstić information content (AvgIpc) is 3.14. The molecule has 1 aliphatic rings. The summed E-state index contributed by atoms with van der Waals surface area (Å²) >= 11 is 2.99. The highest BCUT2D eigenvalue weighted by molar-refractivity contribution is 8.02. The lowest BCUT2D eigenvalue weighted by Crippen LogP contribution is -2.50. The lowest BCUT2D eigenvalue weighted by molar-refractivity contribution is -0.132. The van der Waals surface area contributed by atoms with Crippen molar-refractivity contribution in [2.24, 2.45) is 0 Å². The van der Waals surface area contributed by atoms with E-state index in [-0.39, 0.29) is 11.2 Å². The molecule has 3 rings (SSSR count). The van der Waals surface area contributed by atoms with Crippen molar-refractivity contribution in [3.63, 3.8) is 0 Å². The van der Waals surface area contributed by atoms with Gasteiger partial charge < -0.3 is 15.1 Å². The number of nitrogens with zero attached hydrogens (tertiary/aromatic N) is 4. The number of rotatable bonds is 7. The highest BCUT2D eigenvalue weighted by Crippen LogP contribution is 2.30. The zero-order chi connectivity index (χ0) is 18.4. The Morgan fingerprint density at radius 2 is 1.96 bits per heavy atom. The van der Waals surface area contributed by atoms with Crippen LogP contribution in [0.5, 0.6) is 0 Å². The van der Waals surface area contributed by atoms with Gasteiger partial charge in [-0.15, -0.1) is 10.2 Å². The predicted octanol–water partition coefficient (Wildman–Crippen LogP) is 2.79. The summed E-state index contributed by atoms with van der Waals surface area (Å²) in [4.78, 5) is 17.0. The molecule has 2 aromatic rings. The minimum absolute atomic E-state index is 0.141. The number of thioether (sulfide) groups is 1. The van der Waals surface area contributed by atoms with Gasteiger partial charge in [0.15, 0.2) is 4.34 Å². The molecule has 2 heterocycles. The molecule has 140 valence electrons. The molecular weight excluding hydrogens is 366 g/mol. The van der Waals surface area contributed by atoms with E-state index in [0.29, 0.717) is 0 Å². The first-order chi connectivity index (χ1) is 12.7. The number of carbonyl (C=O) groups is 1. The van der Waals surface area contributed by atoms with Crippen LogP contribution in [0.4, 0.5) is 5.13 Å². The molecule has 0 bridgehead atoms. The highest BCUT2D eigenvalue weighted by Gasteiger charge is 2.25. The summed E-state index contributed by atoms with van der Waals surface area (Å²) in [6.07, 6.45) is 0. The Morgan fingerprint density at radius 3 is 2.65 bits per heavy atom. The van der Waals surface area contributed by atoms with E-state index < -0.39 is 0 Å². The van der Waals surface area contributed by atoms with Crippen LogP contribution in [-0.4, -0.2) is 63.9 Å². The zero-order valence-electron chi connectivity index (χ0n) is 15.2. The topological polar surface area (TPSA) is 61.4 Å². The Morgan fingerprint density at radius 1 is 1.23 bits per heavy atom. The molecule has 1 N–H and O–H groups in total. The first-order valence-electron chi connectivity index (χ1n) is 8.95. The van der Waals surface area contributed by atoms with Gasteiger partial charge in [0.2, 0.25) is 11.0 Å². The first kappa shape index (κ1) is 19.1. The van der Waals surface area contributed by atoms with Crippen molar-refractivity contribution >= 4 is 34.1 Å². The Hall–Kier alpha value is -1.64. The van der Waals surface area contributed by atoms with Crippen molar-refractivity contribution in [3.05, 3.63) is 35.9 Å². The molecule has 1 aliphatic heterocycles. The van der Waals surface area contributed by atoms with Crippen LogP contribution < -0.4 is 5.32 Å². The number of hydrogen-bond acceptors (Lipinski definition) is 7. The third-order valence-corrected chi connectivity index (χ3v) is 6.50. The van der Waals surface area contributed by atoms with E-state index in [9.17, 15) is 4.79 Å². The van der Waals surface area contributed by atoms with Gasteiger partial charge in [0.1, 0.15) is 0 Å². The fraction of sp³-hybridized carbons (Fsp3) is 0.500. The standard InChI is InChI=1S/C18H25N5OS2/c1-3-22-9-11-23(12-10-22)16(24)14(2)25-18-21-20-17(26-18)19-13-15-7-5-4-6-8-15/h4-8,14H,3,9-13H2,1-2H3,(H,19,20). The van der Waals surface area contributed by atoms with Gasteiger partial charge in [-0.2, -0.15) is 0 Å². The number of aromatic nitrogens is 2. The number of piperazine rings is 1. The molecule has 0 spiro atoms. The second-order valence-electron chi connectivity index (χ2n) is 6.23. The van der Waals surface area contributed by atoms with Crippen molar-refractivity contribution in [1.82, 2.24) is 20.0 Å². The van der Waals surface area contributed by atoms with Gasteiger partial charge in [0, 0.05) is 32.7 Å². The number of hydrogen-bond donors (Lipinski definition) is 1. The predicted molar refractivity (Wildman–Crippen MR) is 108 cm³/mol. The van der Waals surface area contributed by atoms with Crippen molar-refractivity contribution in [1.29, 1.82) is 0 Å². The Labute approximate surface area is 163 Å². The summed E-state index contributed by atoms with van der Waals surface area (Å²) in [6.45, 7) is 9.45. The van der Waals surface area contributed by atoms with Gasteiger partial charge in [-0.05, 0) is 19.0 Å². The monoisotopic (exact) mass is 391 g/mol. The summed E-state index contributed by atoms with van der Waals surface area (Å²) in [5.41, 5.74) is 1.20. The average molecular weight is 392 g/mol. The van der Waals surface area contributed by atoms with Crippen molar-refractivity contribution in [2.45, 2.75) is 30.0 Å². The van der Waals surface area contributed by atoms with E-state index in [1.54, 1.807) is 0 Å². The maximum absolute atomic E-state index is 12.6. The smallest absolute Gasteiger partial charge is 0.235 e. The van der Waals surface area contributed by atoms with Gasteiger partial charge in [0.25, 0.3) is 0 Å². The Bertz CT molecular complexity index is 701. The van der Waals surface area contributed by atoms with Gasteiger partial charge in [-0.3, -0.25) is 4.79 Å². The van der Waals surface area contributed by atoms with Crippen molar-refractivity contribution in [3.8, 4) is 0 Å². The maximum atomic E-state index is 12.6. The van der Waals surface area contributed by atoms with Crippen LogP contribution in [0.3, 0.4) is 0 Å². The SMILES string of the molecule is CCN1CCN(C(=O)C(C)Sc2nnc(NCc3ccccc3)s2)CC1. The van der Waals surface area contributed by atoms with Crippen LogP contribution in [0.15, 0.2) is 34.7 Å². The summed E-state index contributed by atoms with van der Waals surface area (Å²) in [5.74, 6) is 0.194. The second kappa shape index (κ2) is 9.34. The molecule has 1 amide bonds. The number of amides is 1. The molecule has 1 saturated heterocycles. The third kappa shape index (κ3) is 5.18. The maximum Gasteiger partial charge on any atom is 0.235 e. The summed E-state index contributed by atoms with van der Waals surface area (Å²) in [7, 11) is 0.